The lowest BCUT2D eigenvalue weighted by Crippen LogP contribution is -2.50. The van der Waals surface area contributed by atoms with Crippen LogP contribution in [0.2, 0.25) is 0 Å². The van der Waals surface area contributed by atoms with Crippen molar-refractivity contribution in [3.63, 3.8) is 0 Å². The zero-order chi connectivity index (χ0) is 19.1. The molecule has 0 aliphatic rings. The first-order valence-corrected chi connectivity index (χ1v) is 8.45. The molecular weight excluding hydrogens is 338 g/mol. The SMILES string of the molecule is CC(C)[C@@H](NC(=O)c1ccc(F)cc1)C(=O)NCCc1ccc(F)cc1. The van der Waals surface area contributed by atoms with E-state index in [9.17, 15) is 18.4 Å². The molecule has 2 N–H and O–H groups in total. The summed E-state index contributed by atoms with van der Waals surface area (Å²) in [6, 6.07) is 10.5. The fraction of sp³-hybridized carbons (Fsp3) is 0.300. The third kappa shape index (κ3) is 5.65. The summed E-state index contributed by atoms with van der Waals surface area (Å²) in [5.41, 5.74) is 1.19. The fourth-order valence-electron chi connectivity index (χ4n) is 2.45. The number of carbonyl (C=O) groups is 2. The summed E-state index contributed by atoms with van der Waals surface area (Å²) in [5, 5.41) is 5.47. The summed E-state index contributed by atoms with van der Waals surface area (Å²) in [6.07, 6.45) is 0.558. The van der Waals surface area contributed by atoms with Gasteiger partial charge in [0.25, 0.3) is 5.91 Å². The molecule has 6 heteroatoms. The topological polar surface area (TPSA) is 58.2 Å². The Morgan fingerprint density at radius 3 is 2.00 bits per heavy atom. The van der Waals surface area contributed by atoms with Crippen molar-refractivity contribution in [2.75, 3.05) is 6.54 Å². The molecule has 138 valence electrons. The van der Waals surface area contributed by atoms with Crippen molar-refractivity contribution in [1.29, 1.82) is 0 Å². The van der Waals surface area contributed by atoms with E-state index < -0.39 is 17.8 Å². The predicted molar refractivity (Wildman–Crippen MR) is 95.6 cm³/mol. The predicted octanol–water partition coefficient (Wildman–Crippen LogP) is 3.08. The molecule has 1 atom stereocenters. The number of carbonyl (C=O) groups excluding carboxylic acids is 2. The van der Waals surface area contributed by atoms with Gasteiger partial charge in [0, 0.05) is 12.1 Å². The zero-order valence-electron chi connectivity index (χ0n) is 14.8. The van der Waals surface area contributed by atoms with Crippen LogP contribution in [0.15, 0.2) is 48.5 Å². The molecule has 0 aliphatic carbocycles. The lowest BCUT2D eigenvalue weighted by molar-refractivity contribution is -0.123. The van der Waals surface area contributed by atoms with Gasteiger partial charge in [0.2, 0.25) is 5.91 Å². The van der Waals surface area contributed by atoms with Crippen molar-refractivity contribution in [3.8, 4) is 0 Å². The van der Waals surface area contributed by atoms with Crippen LogP contribution in [0.3, 0.4) is 0 Å². The molecule has 26 heavy (non-hydrogen) atoms. The standard InChI is InChI=1S/C20H22F2N2O2/c1-13(2)18(24-19(25)15-5-9-17(22)10-6-15)20(26)23-12-11-14-3-7-16(21)8-4-14/h3-10,13,18H,11-12H2,1-2H3,(H,23,26)(H,24,25)/t18-/m1/s1. The highest BCUT2D eigenvalue weighted by molar-refractivity contribution is 5.97. The molecule has 2 amide bonds. The van der Waals surface area contributed by atoms with E-state index in [0.717, 1.165) is 5.56 Å². The molecule has 0 saturated heterocycles. The number of halogens is 2. The molecule has 0 spiro atoms. The maximum absolute atomic E-state index is 13.0. The van der Waals surface area contributed by atoms with Crippen LogP contribution in [0.1, 0.15) is 29.8 Å². The van der Waals surface area contributed by atoms with Gasteiger partial charge in [-0.05, 0) is 54.3 Å². The molecule has 0 unspecified atom stereocenters. The Morgan fingerprint density at radius 1 is 0.923 bits per heavy atom. The first-order valence-electron chi connectivity index (χ1n) is 8.45. The maximum Gasteiger partial charge on any atom is 0.251 e. The highest BCUT2D eigenvalue weighted by atomic mass is 19.1. The highest BCUT2D eigenvalue weighted by Crippen LogP contribution is 2.07. The van der Waals surface area contributed by atoms with Gasteiger partial charge in [0.15, 0.2) is 0 Å². The van der Waals surface area contributed by atoms with Crippen molar-refractivity contribution in [2.45, 2.75) is 26.3 Å². The van der Waals surface area contributed by atoms with E-state index in [4.69, 9.17) is 0 Å². The van der Waals surface area contributed by atoms with Gasteiger partial charge in [-0.25, -0.2) is 8.78 Å². The normalized spacial score (nSPS) is 11.9. The zero-order valence-corrected chi connectivity index (χ0v) is 14.8. The van der Waals surface area contributed by atoms with Crippen LogP contribution in [0.5, 0.6) is 0 Å². The van der Waals surface area contributed by atoms with E-state index in [1.54, 1.807) is 12.1 Å². The summed E-state index contributed by atoms with van der Waals surface area (Å²) in [6.45, 7) is 4.03. The molecule has 4 nitrogen and oxygen atoms in total. The van der Waals surface area contributed by atoms with Crippen LogP contribution >= 0.6 is 0 Å². The molecule has 0 radical (unpaired) electrons. The van der Waals surface area contributed by atoms with Crippen molar-refractivity contribution >= 4 is 11.8 Å². The van der Waals surface area contributed by atoms with Gasteiger partial charge in [0.1, 0.15) is 17.7 Å². The van der Waals surface area contributed by atoms with Crippen molar-refractivity contribution in [1.82, 2.24) is 10.6 Å². The number of amides is 2. The largest absolute Gasteiger partial charge is 0.354 e. The van der Waals surface area contributed by atoms with Gasteiger partial charge in [-0.15, -0.1) is 0 Å². The van der Waals surface area contributed by atoms with Crippen molar-refractivity contribution in [2.24, 2.45) is 5.92 Å². The molecular formula is C20H22F2N2O2. The Labute approximate surface area is 151 Å². The Kier molecular flexibility index (Phi) is 6.83. The average Bonchev–Trinajstić information content (AvgIpc) is 2.61. The molecule has 0 saturated carbocycles. The maximum atomic E-state index is 13.0. The lowest BCUT2D eigenvalue weighted by Gasteiger charge is -2.21. The third-order valence-corrected chi connectivity index (χ3v) is 3.97. The fourth-order valence-corrected chi connectivity index (χ4v) is 2.45. The van der Waals surface area contributed by atoms with Crippen molar-refractivity contribution < 1.29 is 18.4 Å². The van der Waals surface area contributed by atoms with Gasteiger partial charge in [-0.3, -0.25) is 9.59 Å². The number of hydrogen-bond acceptors (Lipinski definition) is 2. The summed E-state index contributed by atoms with van der Waals surface area (Å²) in [5.74, 6) is -1.58. The Bertz CT molecular complexity index is 743. The first-order chi connectivity index (χ1) is 12.4. The minimum atomic E-state index is -0.708. The second-order valence-electron chi connectivity index (χ2n) is 6.37. The first kappa shape index (κ1) is 19.6. The van der Waals surface area contributed by atoms with E-state index in [1.165, 1.54) is 36.4 Å². The summed E-state index contributed by atoms with van der Waals surface area (Å²) >= 11 is 0. The Morgan fingerprint density at radius 2 is 1.46 bits per heavy atom. The second kappa shape index (κ2) is 9.08. The number of rotatable bonds is 7. The van der Waals surface area contributed by atoms with Crippen LogP contribution < -0.4 is 10.6 Å². The minimum Gasteiger partial charge on any atom is -0.354 e. The van der Waals surface area contributed by atoms with E-state index in [1.807, 2.05) is 13.8 Å². The molecule has 0 fully saturated rings. The summed E-state index contributed by atoms with van der Waals surface area (Å²) in [7, 11) is 0. The van der Waals surface area contributed by atoms with Crippen molar-refractivity contribution in [3.05, 3.63) is 71.3 Å². The van der Waals surface area contributed by atoms with Crippen LogP contribution in [0, 0.1) is 17.6 Å². The van der Waals surface area contributed by atoms with Gasteiger partial charge < -0.3 is 10.6 Å². The molecule has 0 heterocycles. The molecule has 0 aliphatic heterocycles. The number of hydrogen-bond donors (Lipinski definition) is 2. The van der Waals surface area contributed by atoms with Gasteiger partial charge in [-0.1, -0.05) is 26.0 Å². The molecule has 2 aromatic carbocycles. The number of benzene rings is 2. The monoisotopic (exact) mass is 360 g/mol. The summed E-state index contributed by atoms with van der Waals surface area (Å²) < 4.78 is 25.8. The van der Waals surface area contributed by atoms with E-state index in [2.05, 4.69) is 10.6 Å². The summed E-state index contributed by atoms with van der Waals surface area (Å²) in [4.78, 5) is 24.7. The van der Waals surface area contributed by atoms with E-state index >= 15 is 0 Å². The quantitative estimate of drug-likeness (QED) is 0.797. The van der Waals surface area contributed by atoms with Crippen LogP contribution in [0.4, 0.5) is 8.78 Å². The third-order valence-electron chi connectivity index (χ3n) is 3.97. The average molecular weight is 360 g/mol. The molecule has 2 rings (SSSR count). The van der Waals surface area contributed by atoms with Crippen LogP contribution in [-0.2, 0) is 11.2 Å². The van der Waals surface area contributed by atoms with Crippen LogP contribution in [0.25, 0.3) is 0 Å². The lowest BCUT2D eigenvalue weighted by atomic mass is 10.0. The highest BCUT2D eigenvalue weighted by Gasteiger charge is 2.24. The van der Waals surface area contributed by atoms with Gasteiger partial charge >= 0.3 is 0 Å². The number of nitrogens with one attached hydrogen (secondary N) is 2. The Balaban J connectivity index is 1.90. The smallest absolute Gasteiger partial charge is 0.251 e. The molecule has 0 aromatic heterocycles. The molecule has 2 aromatic rings. The van der Waals surface area contributed by atoms with Gasteiger partial charge in [-0.2, -0.15) is 0 Å². The molecule has 0 bridgehead atoms. The van der Waals surface area contributed by atoms with Gasteiger partial charge in [0.05, 0.1) is 0 Å². The Hall–Kier alpha value is -2.76. The van der Waals surface area contributed by atoms with Crippen LogP contribution in [-0.4, -0.2) is 24.4 Å². The second-order valence-corrected chi connectivity index (χ2v) is 6.37. The van der Waals surface area contributed by atoms with E-state index in [0.29, 0.717) is 13.0 Å². The minimum absolute atomic E-state index is 0.120. The van der Waals surface area contributed by atoms with E-state index in [-0.39, 0.29) is 23.2 Å².